The molecule has 0 saturated carbocycles. The van der Waals surface area contributed by atoms with Crippen LogP contribution in [0.25, 0.3) is 0 Å². The summed E-state index contributed by atoms with van der Waals surface area (Å²) in [5.41, 5.74) is 1.45. The van der Waals surface area contributed by atoms with Crippen molar-refractivity contribution in [1.82, 2.24) is 0 Å². The Kier molecular flexibility index (Phi) is 3.84. The van der Waals surface area contributed by atoms with E-state index < -0.39 is 0 Å². The fraction of sp³-hybridized carbons (Fsp3) is 0.0667. The zero-order valence-electron chi connectivity index (χ0n) is 10.2. The van der Waals surface area contributed by atoms with Gasteiger partial charge < -0.3 is 4.74 Å². The molecule has 0 N–H and O–H groups in total. The van der Waals surface area contributed by atoms with Crippen molar-refractivity contribution in [2.24, 2.45) is 0 Å². The summed E-state index contributed by atoms with van der Waals surface area (Å²) in [7, 11) is 1.49. The van der Waals surface area contributed by atoms with E-state index in [-0.39, 0.29) is 5.78 Å². The number of carbonyl (C=O) groups excluding carboxylic acids is 1. The predicted octanol–water partition coefficient (Wildman–Crippen LogP) is 3.45. The van der Waals surface area contributed by atoms with Crippen LogP contribution in [-0.2, 0) is 0 Å². The second kappa shape index (κ2) is 5.55. The predicted molar refractivity (Wildman–Crippen MR) is 72.6 cm³/mol. The van der Waals surface area contributed by atoms with Gasteiger partial charge in [-0.1, -0.05) is 11.6 Å². The third-order valence-corrected chi connectivity index (χ3v) is 2.92. The minimum atomic E-state index is -0.169. The second-order valence-corrected chi connectivity index (χ2v) is 4.30. The van der Waals surface area contributed by atoms with Gasteiger partial charge in [0, 0.05) is 10.6 Å². The summed E-state index contributed by atoms with van der Waals surface area (Å²) in [6.07, 6.45) is 0. The number of nitrogens with zero attached hydrogens (tertiary/aromatic N) is 1. The topological polar surface area (TPSA) is 50.1 Å². The highest BCUT2D eigenvalue weighted by atomic mass is 35.5. The van der Waals surface area contributed by atoms with E-state index in [0.29, 0.717) is 27.5 Å². The van der Waals surface area contributed by atoms with Crippen LogP contribution >= 0.6 is 11.6 Å². The Morgan fingerprint density at radius 2 is 1.89 bits per heavy atom. The lowest BCUT2D eigenvalue weighted by Gasteiger charge is -2.08. The highest BCUT2D eigenvalue weighted by molar-refractivity contribution is 6.31. The molecule has 0 bridgehead atoms. The molecule has 0 unspecified atom stereocenters. The van der Waals surface area contributed by atoms with Crippen LogP contribution in [-0.4, -0.2) is 12.9 Å². The van der Waals surface area contributed by atoms with Gasteiger partial charge in [-0.05, 0) is 42.5 Å². The third-order valence-electron chi connectivity index (χ3n) is 2.68. The van der Waals surface area contributed by atoms with E-state index in [9.17, 15) is 4.79 Å². The quantitative estimate of drug-likeness (QED) is 0.804. The summed E-state index contributed by atoms with van der Waals surface area (Å²) in [5, 5.41) is 9.23. The Hall–Kier alpha value is -2.31. The van der Waals surface area contributed by atoms with Crippen LogP contribution in [0.3, 0.4) is 0 Å². The van der Waals surface area contributed by atoms with E-state index >= 15 is 0 Å². The number of carbonyl (C=O) groups is 1. The van der Waals surface area contributed by atoms with Gasteiger partial charge >= 0.3 is 0 Å². The van der Waals surface area contributed by atoms with E-state index in [0.717, 1.165) is 0 Å². The van der Waals surface area contributed by atoms with Crippen LogP contribution in [0, 0.1) is 11.3 Å². The summed E-state index contributed by atoms with van der Waals surface area (Å²) < 4.78 is 5.16. The Labute approximate surface area is 116 Å². The van der Waals surface area contributed by atoms with Gasteiger partial charge in [-0.3, -0.25) is 4.79 Å². The number of ether oxygens (including phenoxy) is 1. The molecule has 0 atom stereocenters. The first-order chi connectivity index (χ1) is 9.15. The van der Waals surface area contributed by atoms with E-state index in [1.54, 1.807) is 42.5 Å². The fourth-order valence-corrected chi connectivity index (χ4v) is 1.87. The maximum absolute atomic E-state index is 12.3. The third kappa shape index (κ3) is 2.75. The Balaban J connectivity index is 2.41. The lowest BCUT2D eigenvalue weighted by molar-refractivity contribution is 0.103. The molecule has 0 aliphatic rings. The Bertz CT molecular complexity index is 657. The number of benzene rings is 2. The van der Waals surface area contributed by atoms with Crippen LogP contribution in [0.4, 0.5) is 0 Å². The molecule has 0 spiro atoms. The lowest BCUT2D eigenvalue weighted by Crippen LogP contribution is -2.03. The minimum Gasteiger partial charge on any atom is -0.496 e. The number of ketones is 1. The van der Waals surface area contributed by atoms with E-state index in [1.165, 1.54) is 7.11 Å². The van der Waals surface area contributed by atoms with Gasteiger partial charge in [0.15, 0.2) is 5.78 Å². The van der Waals surface area contributed by atoms with Gasteiger partial charge in [-0.25, -0.2) is 0 Å². The molecular formula is C15H10ClNO2. The Morgan fingerprint density at radius 1 is 1.21 bits per heavy atom. The fourth-order valence-electron chi connectivity index (χ4n) is 1.70. The van der Waals surface area contributed by atoms with Crippen LogP contribution in [0.1, 0.15) is 21.5 Å². The smallest absolute Gasteiger partial charge is 0.196 e. The van der Waals surface area contributed by atoms with Gasteiger partial charge in [0.25, 0.3) is 0 Å². The SMILES string of the molecule is COc1cc(Cl)ccc1C(=O)c1ccc(C#N)cc1. The molecule has 94 valence electrons. The maximum Gasteiger partial charge on any atom is 0.196 e. The van der Waals surface area contributed by atoms with Crippen molar-refractivity contribution >= 4 is 17.4 Å². The number of hydrogen-bond donors (Lipinski definition) is 0. The van der Waals surface area contributed by atoms with Crippen LogP contribution in [0.5, 0.6) is 5.75 Å². The molecule has 2 rings (SSSR count). The van der Waals surface area contributed by atoms with Crippen LogP contribution in [0.15, 0.2) is 42.5 Å². The summed E-state index contributed by atoms with van der Waals surface area (Å²) in [4.78, 5) is 12.3. The van der Waals surface area contributed by atoms with E-state index in [4.69, 9.17) is 21.6 Å². The van der Waals surface area contributed by atoms with Gasteiger partial charge in [-0.2, -0.15) is 5.26 Å². The van der Waals surface area contributed by atoms with E-state index in [1.807, 2.05) is 6.07 Å². The van der Waals surface area contributed by atoms with Gasteiger partial charge in [0.2, 0.25) is 0 Å². The molecule has 19 heavy (non-hydrogen) atoms. The van der Waals surface area contributed by atoms with Crippen molar-refractivity contribution in [2.45, 2.75) is 0 Å². The molecule has 0 radical (unpaired) electrons. The molecule has 0 aromatic heterocycles. The van der Waals surface area contributed by atoms with Crippen molar-refractivity contribution in [3.05, 3.63) is 64.2 Å². The van der Waals surface area contributed by atoms with Crippen LogP contribution in [0.2, 0.25) is 5.02 Å². The molecule has 2 aromatic carbocycles. The van der Waals surface area contributed by atoms with Crippen molar-refractivity contribution in [3.8, 4) is 11.8 Å². The first-order valence-electron chi connectivity index (χ1n) is 5.54. The van der Waals surface area contributed by atoms with Gasteiger partial charge in [0.05, 0.1) is 24.3 Å². The molecule has 0 fully saturated rings. The summed E-state index contributed by atoms with van der Waals surface area (Å²) in [6, 6.07) is 13.3. The normalized spacial score (nSPS) is 9.74. The Morgan fingerprint density at radius 3 is 2.47 bits per heavy atom. The number of hydrogen-bond acceptors (Lipinski definition) is 3. The van der Waals surface area contributed by atoms with Crippen molar-refractivity contribution in [3.63, 3.8) is 0 Å². The van der Waals surface area contributed by atoms with Crippen molar-refractivity contribution in [1.29, 1.82) is 5.26 Å². The minimum absolute atomic E-state index is 0.169. The van der Waals surface area contributed by atoms with Crippen LogP contribution < -0.4 is 4.74 Å². The monoisotopic (exact) mass is 271 g/mol. The maximum atomic E-state index is 12.3. The molecule has 0 aliphatic heterocycles. The number of halogens is 1. The first-order valence-corrected chi connectivity index (χ1v) is 5.92. The average Bonchev–Trinajstić information content (AvgIpc) is 2.46. The largest absolute Gasteiger partial charge is 0.496 e. The highest BCUT2D eigenvalue weighted by Gasteiger charge is 2.14. The van der Waals surface area contributed by atoms with Gasteiger partial charge in [0.1, 0.15) is 5.75 Å². The summed E-state index contributed by atoms with van der Waals surface area (Å²) in [6.45, 7) is 0. The highest BCUT2D eigenvalue weighted by Crippen LogP contribution is 2.25. The first kappa shape index (κ1) is 13.1. The van der Waals surface area contributed by atoms with Crippen molar-refractivity contribution < 1.29 is 9.53 Å². The molecule has 0 saturated heterocycles. The standard InChI is InChI=1S/C15H10ClNO2/c1-19-14-8-12(16)6-7-13(14)15(18)11-4-2-10(9-17)3-5-11/h2-8H,1H3. The summed E-state index contributed by atoms with van der Waals surface area (Å²) >= 11 is 5.86. The molecule has 4 heteroatoms. The molecule has 3 nitrogen and oxygen atoms in total. The molecule has 0 amide bonds. The average molecular weight is 272 g/mol. The lowest BCUT2D eigenvalue weighted by atomic mass is 10.0. The zero-order valence-corrected chi connectivity index (χ0v) is 10.9. The molecule has 2 aromatic rings. The molecular weight excluding hydrogens is 262 g/mol. The second-order valence-electron chi connectivity index (χ2n) is 3.86. The van der Waals surface area contributed by atoms with E-state index in [2.05, 4.69) is 0 Å². The molecule has 0 heterocycles. The number of nitriles is 1. The van der Waals surface area contributed by atoms with Gasteiger partial charge in [-0.15, -0.1) is 0 Å². The zero-order chi connectivity index (χ0) is 13.8. The van der Waals surface area contributed by atoms with Crippen molar-refractivity contribution in [2.75, 3.05) is 7.11 Å². The number of rotatable bonds is 3. The summed E-state index contributed by atoms with van der Waals surface area (Å²) in [5.74, 6) is 0.264. The molecule has 0 aliphatic carbocycles. The number of methoxy groups -OCH3 is 1.